The van der Waals surface area contributed by atoms with Gasteiger partial charge in [-0.2, -0.15) is 0 Å². The van der Waals surface area contributed by atoms with Crippen LogP contribution in [0.4, 0.5) is 0 Å². The van der Waals surface area contributed by atoms with Crippen molar-refractivity contribution < 1.29 is 28.6 Å². The average Bonchev–Trinajstić information content (AvgIpc) is 3.42. The van der Waals surface area contributed by atoms with E-state index >= 15 is 0 Å². The summed E-state index contributed by atoms with van der Waals surface area (Å²) in [6.45, 7) is 6.68. The molecule has 0 bridgehead atoms. The number of hydrogen-bond donors (Lipinski definition) is 0. The maximum absolute atomic E-state index is 12.9. The van der Waals surface area contributed by atoms with Crippen LogP contribution in [0.3, 0.4) is 0 Å². The van der Waals surface area contributed by atoms with E-state index < -0.39 is 6.10 Å². The van der Waals surface area contributed by atoms with E-state index in [0.717, 1.165) is 77.0 Å². The highest BCUT2D eigenvalue weighted by Gasteiger charge is 2.19. The van der Waals surface area contributed by atoms with E-state index in [-0.39, 0.29) is 31.1 Å². The average molecular weight is 1070 g/mol. The summed E-state index contributed by atoms with van der Waals surface area (Å²) in [7, 11) is 0. The van der Waals surface area contributed by atoms with Crippen LogP contribution in [0, 0.1) is 0 Å². The van der Waals surface area contributed by atoms with E-state index in [9.17, 15) is 14.4 Å². The van der Waals surface area contributed by atoms with Crippen LogP contribution in [-0.4, -0.2) is 37.2 Å². The second-order valence-electron chi connectivity index (χ2n) is 23.1. The molecule has 0 amide bonds. The highest BCUT2D eigenvalue weighted by atomic mass is 16.6. The molecule has 0 N–H and O–H groups in total. The highest BCUT2D eigenvalue weighted by Crippen LogP contribution is 2.18. The van der Waals surface area contributed by atoms with E-state index in [0.29, 0.717) is 19.3 Å². The molecule has 0 aliphatic carbocycles. The minimum Gasteiger partial charge on any atom is -0.462 e. The van der Waals surface area contributed by atoms with Crippen LogP contribution < -0.4 is 0 Å². The number of carbonyl (C=O) groups is 3. The maximum atomic E-state index is 12.9. The molecule has 0 radical (unpaired) electrons. The first-order chi connectivity index (χ1) is 37.5. The molecule has 1 unspecified atom stereocenters. The molecule has 1 atom stereocenters. The Labute approximate surface area is 474 Å². The zero-order chi connectivity index (χ0) is 55.0. The predicted octanol–water partition coefficient (Wildman–Crippen LogP) is 23.2. The van der Waals surface area contributed by atoms with Crippen LogP contribution >= 0.6 is 0 Å². The molecule has 0 fully saturated rings. The Kier molecular flexibility index (Phi) is 63.1. The van der Waals surface area contributed by atoms with E-state index in [4.69, 9.17) is 14.2 Å². The van der Waals surface area contributed by atoms with E-state index in [1.165, 1.54) is 257 Å². The van der Waals surface area contributed by atoms with Crippen LogP contribution in [0.1, 0.15) is 374 Å². The summed E-state index contributed by atoms with van der Waals surface area (Å²) in [5.41, 5.74) is 0. The Morgan fingerprint density at radius 2 is 0.474 bits per heavy atom. The van der Waals surface area contributed by atoms with Gasteiger partial charge in [-0.25, -0.2) is 0 Å². The molecule has 0 aliphatic rings. The smallest absolute Gasteiger partial charge is 0.306 e. The zero-order valence-electron chi connectivity index (χ0n) is 51.3. The lowest BCUT2D eigenvalue weighted by molar-refractivity contribution is -0.167. The molecular weight excluding hydrogens is 937 g/mol. The maximum Gasteiger partial charge on any atom is 0.306 e. The molecule has 446 valence electrons. The minimum absolute atomic E-state index is 0.0719. The number of allylic oxidation sites excluding steroid dienone is 6. The second-order valence-corrected chi connectivity index (χ2v) is 23.1. The van der Waals surface area contributed by atoms with Crippen molar-refractivity contribution in [1.29, 1.82) is 0 Å². The van der Waals surface area contributed by atoms with Gasteiger partial charge in [0.15, 0.2) is 6.10 Å². The van der Waals surface area contributed by atoms with Crippen molar-refractivity contribution in [3.05, 3.63) is 36.5 Å². The van der Waals surface area contributed by atoms with E-state index in [1.807, 2.05) is 0 Å². The van der Waals surface area contributed by atoms with Crippen molar-refractivity contribution in [1.82, 2.24) is 0 Å². The first kappa shape index (κ1) is 73.6. The Bertz CT molecular complexity index is 1270. The minimum atomic E-state index is -0.777. The molecule has 0 aromatic heterocycles. The summed E-state index contributed by atoms with van der Waals surface area (Å²) in [6, 6.07) is 0. The molecule has 0 aliphatic heterocycles. The largest absolute Gasteiger partial charge is 0.462 e. The van der Waals surface area contributed by atoms with Crippen molar-refractivity contribution in [2.45, 2.75) is 380 Å². The molecule has 76 heavy (non-hydrogen) atoms. The highest BCUT2D eigenvalue weighted by molar-refractivity contribution is 5.71. The summed E-state index contributed by atoms with van der Waals surface area (Å²) < 4.78 is 17.0. The van der Waals surface area contributed by atoms with Crippen LogP contribution in [-0.2, 0) is 28.6 Å². The fraction of sp³-hybridized carbons (Fsp3) is 0.871. The summed E-state index contributed by atoms with van der Waals surface area (Å²) in [5, 5.41) is 0. The fourth-order valence-corrected chi connectivity index (χ4v) is 10.3. The molecule has 0 saturated heterocycles. The predicted molar refractivity (Wildman–Crippen MR) is 330 cm³/mol. The van der Waals surface area contributed by atoms with Gasteiger partial charge >= 0.3 is 17.9 Å². The van der Waals surface area contributed by atoms with Gasteiger partial charge in [0, 0.05) is 19.3 Å². The van der Waals surface area contributed by atoms with Crippen molar-refractivity contribution in [3.63, 3.8) is 0 Å². The molecule has 0 saturated carbocycles. The third-order valence-corrected chi connectivity index (χ3v) is 15.4. The number of unbranched alkanes of at least 4 members (excludes halogenated alkanes) is 46. The van der Waals surface area contributed by atoms with Gasteiger partial charge in [-0.05, 0) is 57.8 Å². The summed E-state index contributed by atoms with van der Waals surface area (Å²) in [5.74, 6) is -0.855. The van der Waals surface area contributed by atoms with Gasteiger partial charge in [0.25, 0.3) is 0 Å². The molecule has 0 aromatic rings. The molecule has 0 aromatic carbocycles. The lowest BCUT2D eigenvalue weighted by Gasteiger charge is -2.18. The lowest BCUT2D eigenvalue weighted by Crippen LogP contribution is -2.30. The molecule has 6 nitrogen and oxygen atoms in total. The first-order valence-corrected chi connectivity index (χ1v) is 34.0. The summed E-state index contributed by atoms with van der Waals surface area (Å²) in [6.07, 6.45) is 80.1. The van der Waals surface area contributed by atoms with Crippen LogP contribution in [0.5, 0.6) is 0 Å². The van der Waals surface area contributed by atoms with Crippen molar-refractivity contribution in [2.75, 3.05) is 13.2 Å². The summed E-state index contributed by atoms with van der Waals surface area (Å²) >= 11 is 0. The molecule has 0 rings (SSSR count). The molecule has 6 heteroatoms. The third kappa shape index (κ3) is 62.5. The monoisotopic (exact) mass is 1070 g/mol. The van der Waals surface area contributed by atoms with Crippen LogP contribution in [0.15, 0.2) is 36.5 Å². The lowest BCUT2D eigenvalue weighted by atomic mass is 10.0. The number of ether oxygens (including phenoxy) is 3. The van der Waals surface area contributed by atoms with Gasteiger partial charge in [-0.3, -0.25) is 14.4 Å². The van der Waals surface area contributed by atoms with Gasteiger partial charge in [0.2, 0.25) is 0 Å². The topological polar surface area (TPSA) is 78.9 Å². The quantitative estimate of drug-likeness (QED) is 0.0261. The Morgan fingerprint density at radius 1 is 0.263 bits per heavy atom. The van der Waals surface area contributed by atoms with Gasteiger partial charge in [0.05, 0.1) is 0 Å². The number of hydrogen-bond acceptors (Lipinski definition) is 6. The number of esters is 3. The first-order valence-electron chi connectivity index (χ1n) is 34.0. The zero-order valence-corrected chi connectivity index (χ0v) is 51.3. The Balaban J connectivity index is 4.32. The Morgan fingerprint density at radius 3 is 0.763 bits per heavy atom. The standard InChI is InChI=1S/C70H130O6/c1-4-7-10-13-16-19-22-25-28-31-33-34-35-37-39-42-45-48-51-54-57-60-63-69(72)75-66-67(65-74-68(71)62-59-56-53-50-47-44-41-38-30-27-24-21-18-15-12-9-6-3)76-70(73)64-61-58-55-52-49-46-43-40-36-32-29-26-23-20-17-14-11-8-5-2/h17,20,26,29,36,40,67H,4-16,18-19,21-25,27-28,30-35,37-39,41-66H2,1-3H3/b20-17-,29-26-,40-36-. The van der Waals surface area contributed by atoms with Gasteiger partial charge < -0.3 is 14.2 Å². The molecular formula is C70H130O6. The normalized spacial score (nSPS) is 12.2. The van der Waals surface area contributed by atoms with Gasteiger partial charge in [0.1, 0.15) is 13.2 Å². The van der Waals surface area contributed by atoms with Crippen molar-refractivity contribution >= 4 is 17.9 Å². The second kappa shape index (κ2) is 65.2. The number of carbonyl (C=O) groups excluding carboxylic acids is 3. The van der Waals surface area contributed by atoms with Crippen LogP contribution in [0.25, 0.3) is 0 Å². The van der Waals surface area contributed by atoms with Gasteiger partial charge in [-0.15, -0.1) is 0 Å². The Hall–Kier alpha value is -2.37. The van der Waals surface area contributed by atoms with E-state index in [2.05, 4.69) is 57.2 Å². The fourth-order valence-electron chi connectivity index (χ4n) is 10.3. The van der Waals surface area contributed by atoms with E-state index in [1.54, 1.807) is 0 Å². The SMILES string of the molecule is CCCCC/C=C\C/C=C\C/C=C\CCCCCCCCC(=O)OC(COC(=O)CCCCCCCCCCCCCCCCCCC)COC(=O)CCCCCCCCCCCCCCCCCCCCCCCC. The number of rotatable bonds is 63. The van der Waals surface area contributed by atoms with Crippen molar-refractivity contribution in [2.24, 2.45) is 0 Å². The van der Waals surface area contributed by atoms with Crippen LogP contribution in [0.2, 0.25) is 0 Å². The summed E-state index contributed by atoms with van der Waals surface area (Å²) in [4.78, 5) is 38.4. The molecule has 0 heterocycles. The third-order valence-electron chi connectivity index (χ3n) is 15.4. The van der Waals surface area contributed by atoms with Gasteiger partial charge in [-0.1, -0.05) is 333 Å². The van der Waals surface area contributed by atoms with Crippen molar-refractivity contribution in [3.8, 4) is 0 Å². The molecule has 0 spiro atoms.